The van der Waals surface area contributed by atoms with Gasteiger partial charge in [0, 0.05) is 5.02 Å². The van der Waals surface area contributed by atoms with E-state index in [9.17, 15) is 14.4 Å². The Bertz CT molecular complexity index is 1120. The molecule has 0 amide bonds. The maximum atomic E-state index is 12.5. The summed E-state index contributed by atoms with van der Waals surface area (Å²) in [5.41, 5.74) is 0.400. The predicted octanol–water partition coefficient (Wildman–Crippen LogP) is 4.04. The van der Waals surface area contributed by atoms with Crippen LogP contribution in [0.3, 0.4) is 0 Å². The summed E-state index contributed by atoms with van der Waals surface area (Å²) in [5, 5.41) is 0.737. The SMILES string of the molecule is CCOC(=O)c1sc2nc([C@H](C)OC(=O)c3cccc(Cl)c3)[nH]c(=O)c2c1C. The third-order valence-corrected chi connectivity index (χ3v) is 5.41. The van der Waals surface area contributed by atoms with Crippen LogP contribution in [0.2, 0.25) is 5.02 Å². The maximum Gasteiger partial charge on any atom is 0.348 e. The first-order valence-corrected chi connectivity index (χ1v) is 9.68. The average molecular weight is 421 g/mol. The molecule has 146 valence electrons. The average Bonchev–Trinajstić information content (AvgIpc) is 2.99. The Morgan fingerprint density at radius 3 is 2.75 bits per heavy atom. The number of nitrogens with one attached hydrogen (secondary N) is 1. The van der Waals surface area contributed by atoms with Crippen LogP contribution in [0.15, 0.2) is 29.1 Å². The molecule has 1 N–H and O–H groups in total. The van der Waals surface area contributed by atoms with E-state index in [-0.39, 0.29) is 12.4 Å². The number of carbonyl (C=O) groups excluding carboxylic acids is 2. The van der Waals surface area contributed by atoms with E-state index in [1.807, 2.05) is 0 Å². The molecule has 0 bridgehead atoms. The number of nitrogens with zero attached hydrogens (tertiary/aromatic N) is 1. The van der Waals surface area contributed by atoms with Gasteiger partial charge in [-0.15, -0.1) is 11.3 Å². The van der Waals surface area contributed by atoms with Gasteiger partial charge in [0.1, 0.15) is 9.71 Å². The second-order valence-corrected chi connectivity index (χ2v) is 7.40. The number of esters is 2. The number of aromatic amines is 1. The van der Waals surface area contributed by atoms with E-state index in [1.165, 1.54) is 6.07 Å². The van der Waals surface area contributed by atoms with Crippen molar-refractivity contribution < 1.29 is 19.1 Å². The molecule has 9 heteroatoms. The second kappa shape index (κ2) is 8.12. The van der Waals surface area contributed by atoms with Crippen LogP contribution in [0, 0.1) is 6.92 Å². The highest BCUT2D eigenvalue weighted by molar-refractivity contribution is 7.20. The first-order chi connectivity index (χ1) is 13.3. The van der Waals surface area contributed by atoms with Gasteiger partial charge in [-0.05, 0) is 44.5 Å². The van der Waals surface area contributed by atoms with Gasteiger partial charge in [-0.3, -0.25) is 4.79 Å². The largest absolute Gasteiger partial charge is 0.462 e. The molecule has 3 rings (SSSR count). The molecule has 7 nitrogen and oxygen atoms in total. The van der Waals surface area contributed by atoms with Gasteiger partial charge in [0.05, 0.1) is 17.6 Å². The molecule has 1 atom stereocenters. The number of halogens is 1. The highest BCUT2D eigenvalue weighted by Gasteiger charge is 2.22. The summed E-state index contributed by atoms with van der Waals surface area (Å²) >= 11 is 6.96. The molecule has 2 heterocycles. The number of benzene rings is 1. The van der Waals surface area contributed by atoms with Gasteiger partial charge in [0.25, 0.3) is 5.56 Å². The molecule has 0 aliphatic rings. The fraction of sp³-hybridized carbons (Fsp3) is 0.263. The third-order valence-electron chi connectivity index (χ3n) is 4.01. The highest BCUT2D eigenvalue weighted by atomic mass is 35.5. The van der Waals surface area contributed by atoms with Crippen molar-refractivity contribution in [2.75, 3.05) is 6.61 Å². The summed E-state index contributed by atoms with van der Waals surface area (Å²) in [6.07, 6.45) is -0.808. The van der Waals surface area contributed by atoms with Crippen molar-refractivity contribution in [3.63, 3.8) is 0 Å². The summed E-state index contributed by atoms with van der Waals surface area (Å²) < 4.78 is 10.4. The fourth-order valence-corrected chi connectivity index (χ4v) is 3.92. The van der Waals surface area contributed by atoms with Crippen LogP contribution < -0.4 is 5.56 Å². The normalized spacial score (nSPS) is 12.0. The molecule has 0 fully saturated rings. The van der Waals surface area contributed by atoms with E-state index in [0.29, 0.717) is 31.2 Å². The van der Waals surface area contributed by atoms with E-state index in [1.54, 1.807) is 39.0 Å². The van der Waals surface area contributed by atoms with Crippen molar-refractivity contribution in [1.82, 2.24) is 9.97 Å². The molecule has 28 heavy (non-hydrogen) atoms. The number of hydrogen-bond donors (Lipinski definition) is 1. The van der Waals surface area contributed by atoms with Gasteiger partial charge in [-0.1, -0.05) is 17.7 Å². The number of hydrogen-bond acceptors (Lipinski definition) is 7. The lowest BCUT2D eigenvalue weighted by molar-refractivity contribution is 0.0319. The monoisotopic (exact) mass is 420 g/mol. The number of ether oxygens (including phenoxy) is 2. The van der Waals surface area contributed by atoms with Crippen LogP contribution in [0.1, 0.15) is 51.4 Å². The molecular weight excluding hydrogens is 404 g/mol. The van der Waals surface area contributed by atoms with Crippen LogP contribution in [0.5, 0.6) is 0 Å². The number of aromatic nitrogens is 2. The molecular formula is C19H17ClN2O5S. The number of fused-ring (bicyclic) bond motifs is 1. The van der Waals surface area contributed by atoms with Crippen molar-refractivity contribution in [3.8, 4) is 0 Å². The Morgan fingerprint density at radius 1 is 1.32 bits per heavy atom. The van der Waals surface area contributed by atoms with E-state index < -0.39 is 23.6 Å². The molecule has 0 radical (unpaired) electrons. The first-order valence-electron chi connectivity index (χ1n) is 8.48. The molecule has 2 aromatic heterocycles. The Labute approximate surface area is 169 Å². The summed E-state index contributed by atoms with van der Waals surface area (Å²) in [6.45, 7) is 5.21. The highest BCUT2D eigenvalue weighted by Crippen LogP contribution is 2.28. The topological polar surface area (TPSA) is 98.3 Å². The minimum atomic E-state index is -0.808. The zero-order chi connectivity index (χ0) is 20.4. The van der Waals surface area contributed by atoms with Gasteiger partial charge >= 0.3 is 11.9 Å². The van der Waals surface area contributed by atoms with Gasteiger partial charge < -0.3 is 14.5 Å². The minimum absolute atomic E-state index is 0.185. The quantitative estimate of drug-likeness (QED) is 0.625. The van der Waals surface area contributed by atoms with Crippen LogP contribution in [-0.4, -0.2) is 28.5 Å². The maximum absolute atomic E-state index is 12.5. The van der Waals surface area contributed by atoms with Crippen LogP contribution in [0.4, 0.5) is 0 Å². The van der Waals surface area contributed by atoms with E-state index >= 15 is 0 Å². The lowest BCUT2D eigenvalue weighted by Gasteiger charge is -2.12. The minimum Gasteiger partial charge on any atom is -0.462 e. The standard InChI is InChI=1S/C19H17ClN2O5S/c1-4-26-19(25)14-9(2)13-16(23)21-15(22-17(13)28-14)10(3)27-18(24)11-6-5-7-12(20)8-11/h5-8,10H,4H2,1-3H3,(H,21,22,23)/t10-/m0/s1. The van der Waals surface area contributed by atoms with E-state index in [4.69, 9.17) is 21.1 Å². The smallest absolute Gasteiger partial charge is 0.348 e. The number of aryl methyl sites for hydroxylation is 1. The van der Waals surface area contributed by atoms with Crippen molar-refractivity contribution in [2.24, 2.45) is 0 Å². The third kappa shape index (κ3) is 3.93. The van der Waals surface area contributed by atoms with Crippen LogP contribution >= 0.6 is 22.9 Å². The number of thiophene rings is 1. The van der Waals surface area contributed by atoms with E-state index in [0.717, 1.165) is 11.3 Å². The van der Waals surface area contributed by atoms with Crippen molar-refractivity contribution in [3.05, 3.63) is 61.5 Å². The molecule has 0 saturated carbocycles. The van der Waals surface area contributed by atoms with E-state index in [2.05, 4.69) is 9.97 Å². The van der Waals surface area contributed by atoms with Crippen molar-refractivity contribution >= 4 is 45.1 Å². The molecule has 3 aromatic rings. The Kier molecular flexibility index (Phi) is 5.81. The molecule has 0 saturated heterocycles. The number of rotatable bonds is 5. The lowest BCUT2D eigenvalue weighted by Crippen LogP contribution is -2.17. The van der Waals surface area contributed by atoms with Crippen LogP contribution in [0.25, 0.3) is 10.2 Å². The van der Waals surface area contributed by atoms with Crippen molar-refractivity contribution in [1.29, 1.82) is 0 Å². The van der Waals surface area contributed by atoms with Gasteiger partial charge in [-0.25, -0.2) is 14.6 Å². The summed E-state index contributed by atoms with van der Waals surface area (Å²) in [4.78, 5) is 44.6. The van der Waals surface area contributed by atoms with Gasteiger partial charge in [0.2, 0.25) is 0 Å². The van der Waals surface area contributed by atoms with Gasteiger partial charge in [0.15, 0.2) is 11.9 Å². The fourth-order valence-electron chi connectivity index (χ4n) is 2.64. The van der Waals surface area contributed by atoms with Crippen molar-refractivity contribution in [2.45, 2.75) is 26.9 Å². The number of carbonyl (C=O) groups is 2. The zero-order valence-electron chi connectivity index (χ0n) is 15.4. The molecule has 0 unspecified atom stereocenters. The Hall–Kier alpha value is -2.71. The summed E-state index contributed by atoms with van der Waals surface area (Å²) in [6, 6.07) is 6.36. The van der Waals surface area contributed by atoms with Crippen LogP contribution in [-0.2, 0) is 9.47 Å². The second-order valence-electron chi connectivity index (χ2n) is 5.97. The molecule has 1 aromatic carbocycles. The first kappa shape index (κ1) is 20.0. The Balaban J connectivity index is 1.92. The molecule has 0 aliphatic carbocycles. The summed E-state index contributed by atoms with van der Waals surface area (Å²) in [7, 11) is 0. The molecule has 0 aliphatic heterocycles. The molecule has 0 spiro atoms. The predicted molar refractivity (Wildman–Crippen MR) is 106 cm³/mol. The lowest BCUT2D eigenvalue weighted by atomic mass is 10.2. The van der Waals surface area contributed by atoms with Gasteiger partial charge in [-0.2, -0.15) is 0 Å². The summed E-state index contributed by atoms with van der Waals surface area (Å²) in [5.74, 6) is -0.902. The Morgan fingerprint density at radius 2 is 2.07 bits per heavy atom. The zero-order valence-corrected chi connectivity index (χ0v) is 16.9. The number of H-pyrrole nitrogens is 1.